The molecule has 0 radical (unpaired) electrons. The highest BCUT2D eigenvalue weighted by molar-refractivity contribution is 6.51. The van der Waals surface area contributed by atoms with E-state index in [-0.39, 0.29) is 16.4 Å². The van der Waals surface area contributed by atoms with Crippen molar-refractivity contribution >= 4 is 40.4 Å². The third kappa shape index (κ3) is 4.81. The zero-order chi connectivity index (χ0) is 26.9. The number of ketones is 1. The second-order valence-corrected chi connectivity index (χ2v) is 9.48. The summed E-state index contributed by atoms with van der Waals surface area (Å²) in [6.07, 6.45) is 0. The molecule has 1 saturated heterocycles. The van der Waals surface area contributed by atoms with Crippen LogP contribution in [0.5, 0.6) is 5.75 Å². The molecule has 1 atom stereocenters. The number of rotatable bonds is 7. The summed E-state index contributed by atoms with van der Waals surface area (Å²) in [7, 11) is 1.50. The molecule has 1 aliphatic heterocycles. The van der Waals surface area contributed by atoms with E-state index in [1.54, 1.807) is 12.1 Å². The van der Waals surface area contributed by atoms with Crippen LogP contribution in [0.15, 0.2) is 66.2 Å². The lowest BCUT2D eigenvalue weighted by atomic mass is 9.94. The lowest BCUT2D eigenvalue weighted by Crippen LogP contribution is -2.30. The Morgan fingerprint density at radius 2 is 1.68 bits per heavy atom. The number of Topliss-reactive ketones (excluding diaryl/α,β-unsaturated/α-hetero) is 1. The van der Waals surface area contributed by atoms with E-state index < -0.39 is 17.7 Å². The Kier molecular flexibility index (Phi) is 7.60. The number of ether oxygens (including phenoxy) is 1. The number of aryl methyl sites for hydroxylation is 2. The molecule has 0 bridgehead atoms. The molecular weight excluding hydrogens is 488 g/mol. The lowest BCUT2D eigenvalue weighted by Gasteiger charge is -2.28. The number of hydrogen-bond acceptors (Lipinski definition) is 5. The largest absolute Gasteiger partial charge is 0.507 e. The van der Waals surface area contributed by atoms with Crippen LogP contribution in [0.4, 0.5) is 11.4 Å². The first-order chi connectivity index (χ1) is 17.7. The van der Waals surface area contributed by atoms with E-state index in [9.17, 15) is 14.7 Å². The molecule has 37 heavy (non-hydrogen) atoms. The van der Waals surface area contributed by atoms with E-state index in [1.165, 1.54) is 18.1 Å². The van der Waals surface area contributed by atoms with Gasteiger partial charge in [-0.25, -0.2) is 0 Å². The van der Waals surface area contributed by atoms with E-state index in [0.29, 0.717) is 17.0 Å². The molecule has 0 aliphatic carbocycles. The summed E-state index contributed by atoms with van der Waals surface area (Å²) < 4.78 is 5.22. The monoisotopic (exact) mass is 518 g/mol. The molecule has 6 nitrogen and oxygen atoms in total. The fourth-order valence-electron chi connectivity index (χ4n) is 4.80. The molecule has 0 spiro atoms. The van der Waals surface area contributed by atoms with Crippen molar-refractivity contribution in [1.29, 1.82) is 0 Å². The maximum Gasteiger partial charge on any atom is 0.300 e. The van der Waals surface area contributed by atoms with Crippen LogP contribution in [0.1, 0.15) is 42.1 Å². The van der Waals surface area contributed by atoms with Gasteiger partial charge in [-0.15, -0.1) is 0 Å². The Morgan fingerprint density at radius 3 is 2.27 bits per heavy atom. The van der Waals surface area contributed by atoms with E-state index in [2.05, 4.69) is 18.7 Å². The summed E-state index contributed by atoms with van der Waals surface area (Å²) >= 11 is 6.31. The van der Waals surface area contributed by atoms with Crippen molar-refractivity contribution in [2.24, 2.45) is 0 Å². The number of nitrogens with zero attached hydrogens (tertiary/aromatic N) is 2. The molecule has 1 unspecified atom stereocenters. The van der Waals surface area contributed by atoms with Crippen LogP contribution in [0.3, 0.4) is 0 Å². The number of carbonyl (C=O) groups is 2. The molecule has 7 heteroatoms. The van der Waals surface area contributed by atoms with Crippen molar-refractivity contribution in [3.05, 3.63) is 93.5 Å². The van der Waals surface area contributed by atoms with E-state index >= 15 is 0 Å². The van der Waals surface area contributed by atoms with Crippen molar-refractivity contribution in [3.63, 3.8) is 0 Å². The van der Waals surface area contributed by atoms with Crippen molar-refractivity contribution in [1.82, 2.24) is 0 Å². The number of anilines is 2. The third-order valence-electron chi connectivity index (χ3n) is 6.83. The standard InChI is InChI=1S/C30H31ClN2O4/c1-6-32(7-2)22-13-10-20(11-14-22)27-26(28(34)21-12-15-25(37-5)23(31)17-21)29(35)30(36)33(27)24-16-18(3)8-9-19(24)4/h8-17,27,34H,6-7H2,1-5H3/b28-26-. The Morgan fingerprint density at radius 1 is 1.00 bits per heavy atom. The fourth-order valence-corrected chi connectivity index (χ4v) is 5.06. The van der Waals surface area contributed by atoms with Gasteiger partial charge in [0.2, 0.25) is 0 Å². The Labute approximate surface area is 222 Å². The van der Waals surface area contributed by atoms with Gasteiger partial charge in [-0.2, -0.15) is 0 Å². The summed E-state index contributed by atoms with van der Waals surface area (Å²) in [6, 6.07) is 17.5. The summed E-state index contributed by atoms with van der Waals surface area (Å²) in [5.74, 6) is -1.28. The van der Waals surface area contributed by atoms with Gasteiger partial charge in [-0.1, -0.05) is 35.9 Å². The minimum Gasteiger partial charge on any atom is -0.507 e. The molecule has 1 amide bonds. The zero-order valence-electron chi connectivity index (χ0n) is 21.7. The van der Waals surface area contributed by atoms with Gasteiger partial charge in [0.05, 0.1) is 23.7 Å². The van der Waals surface area contributed by atoms with Gasteiger partial charge >= 0.3 is 0 Å². The summed E-state index contributed by atoms with van der Waals surface area (Å²) in [5.41, 5.74) is 4.55. The Bertz CT molecular complexity index is 1380. The van der Waals surface area contributed by atoms with Crippen molar-refractivity contribution in [3.8, 4) is 5.75 Å². The highest BCUT2D eigenvalue weighted by atomic mass is 35.5. The average Bonchev–Trinajstić information content (AvgIpc) is 3.16. The number of benzene rings is 3. The van der Waals surface area contributed by atoms with Crippen LogP contribution < -0.4 is 14.5 Å². The molecule has 4 rings (SSSR count). The van der Waals surface area contributed by atoms with Crippen LogP contribution in [-0.2, 0) is 9.59 Å². The first kappa shape index (κ1) is 26.3. The molecule has 1 aliphatic rings. The van der Waals surface area contributed by atoms with E-state index in [1.807, 2.05) is 56.3 Å². The highest BCUT2D eigenvalue weighted by Crippen LogP contribution is 2.44. The molecule has 1 N–H and O–H groups in total. The fraction of sp³-hybridized carbons (Fsp3) is 0.267. The van der Waals surface area contributed by atoms with Gasteiger partial charge in [0, 0.05) is 30.0 Å². The third-order valence-corrected chi connectivity index (χ3v) is 7.13. The van der Waals surface area contributed by atoms with Crippen molar-refractivity contribution in [2.45, 2.75) is 33.7 Å². The van der Waals surface area contributed by atoms with Crippen LogP contribution in [0.25, 0.3) is 5.76 Å². The summed E-state index contributed by atoms with van der Waals surface area (Å²) in [6.45, 7) is 9.73. The number of carbonyl (C=O) groups excluding carboxylic acids is 2. The van der Waals surface area contributed by atoms with Crippen LogP contribution in [0.2, 0.25) is 5.02 Å². The van der Waals surface area contributed by atoms with Crippen LogP contribution in [0, 0.1) is 13.8 Å². The predicted molar refractivity (Wildman–Crippen MR) is 149 cm³/mol. The molecule has 0 saturated carbocycles. The van der Waals surface area contributed by atoms with Crippen LogP contribution in [-0.4, -0.2) is 37.0 Å². The second-order valence-electron chi connectivity index (χ2n) is 9.07. The summed E-state index contributed by atoms with van der Waals surface area (Å²) in [4.78, 5) is 30.7. The number of amides is 1. The number of halogens is 1. The Hall–Kier alpha value is -3.77. The lowest BCUT2D eigenvalue weighted by molar-refractivity contribution is -0.132. The van der Waals surface area contributed by atoms with Crippen molar-refractivity contribution < 1.29 is 19.4 Å². The van der Waals surface area contributed by atoms with Gasteiger partial charge < -0.3 is 14.7 Å². The minimum atomic E-state index is -0.813. The molecule has 0 aromatic heterocycles. The van der Waals surface area contributed by atoms with Crippen molar-refractivity contribution in [2.75, 3.05) is 30.0 Å². The van der Waals surface area contributed by atoms with Gasteiger partial charge in [0.15, 0.2) is 0 Å². The smallest absolute Gasteiger partial charge is 0.300 e. The highest BCUT2D eigenvalue weighted by Gasteiger charge is 2.47. The first-order valence-corrected chi connectivity index (χ1v) is 12.7. The van der Waals surface area contributed by atoms with Gasteiger partial charge in [-0.3, -0.25) is 14.5 Å². The quantitative estimate of drug-likeness (QED) is 0.221. The van der Waals surface area contributed by atoms with E-state index in [4.69, 9.17) is 16.3 Å². The zero-order valence-corrected chi connectivity index (χ0v) is 22.5. The second kappa shape index (κ2) is 10.7. The summed E-state index contributed by atoms with van der Waals surface area (Å²) in [5, 5.41) is 11.7. The molecule has 3 aromatic carbocycles. The maximum absolute atomic E-state index is 13.5. The number of aliphatic hydroxyl groups is 1. The number of hydrogen-bond donors (Lipinski definition) is 1. The molecular formula is C30H31ClN2O4. The van der Waals surface area contributed by atoms with Gasteiger partial charge in [0.1, 0.15) is 11.5 Å². The number of methoxy groups -OCH3 is 1. The van der Waals surface area contributed by atoms with Gasteiger partial charge in [0.25, 0.3) is 11.7 Å². The first-order valence-electron chi connectivity index (χ1n) is 12.3. The molecule has 1 fully saturated rings. The normalized spacial score (nSPS) is 16.8. The Balaban J connectivity index is 1.93. The van der Waals surface area contributed by atoms with Crippen LogP contribution >= 0.6 is 11.6 Å². The minimum absolute atomic E-state index is 0.0164. The molecule has 1 heterocycles. The number of aliphatic hydroxyl groups excluding tert-OH is 1. The van der Waals surface area contributed by atoms with E-state index in [0.717, 1.165) is 35.5 Å². The molecule has 3 aromatic rings. The van der Waals surface area contributed by atoms with Gasteiger partial charge in [-0.05, 0) is 80.8 Å². The topological polar surface area (TPSA) is 70.1 Å². The predicted octanol–water partition coefficient (Wildman–Crippen LogP) is 6.44. The SMILES string of the molecule is CCN(CC)c1ccc(C2/C(=C(/O)c3ccc(OC)c(Cl)c3)C(=O)C(=O)N2c2cc(C)ccc2C)cc1. The molecule has 192 valence electrons. The average molecular weight is 519 g/mol. The maximum atomic E-state index is 13.5.